The highest BCUT2D eigenvalue weighted by atomic mass is 16.5. The highest BCUT2D eigenvalue weighted by Gasteiger charge is 2.25. The molecule has 0 aliphatic carbocycles. The number of aliphatic hydroxyl groups excluding tert-OH is 1. The van der Waals surface area contributed by atoms with Crippen LogP contribution in [0.15, 0.2) is 42.5 Å². The molecule has 4 atom stereocenters. The average molecular weight is 445 g/mol. The van der Waals surface area contributed by atoms with Crippen LogP contribution in [0, 0.1) is 11.8 Å². The maximum atomic E-state index is 12.8. The molecule has 1 aliphatic rings. The molecule has 0 saturated carbocycles. The van der Waals surface area contributed by atoms with Crippen LogP contribution in [0.3, 0.4) is 0 Å². The van der Waals surface area contributed by atoms with Crippen LogP contribution in [-0.2, 0) is 25.5 Å². The number of hydrogen-bond acceptors (Lipinski definition) is 5. The number of carbonyl (C=O) groups excluding carboxylic acids is 3. The molecule has 2 rings (SSSR count). The van der Waals surface area contributed by atoms with E-state index in [1.807, 2.05) is 42.5 Å². The van der Waals surface area contributed by atoms with Crippen LogP contribution in [0.2, 0.25) is 0 Å². The molecular weight excluding hydrogens is 408 g/mol. The highest BCUT2D eigenvalue weighted by molar-refractivity contribution is 5.86. The number of rotatable bonds is 6. The zero-order valence-electron chi connectivity index (χ0n) is 19.1. The van der Waals surface area contributed by atoms with E-state index in [0.717, 1.165) is 24.8 Å². The summed E-state index contributed by atoms with van der Waals surface area (Å²) in [5, 5.41) is 14.7. The highest BCUT2D eigenvalue weighted by Crippen LogP contribution is 2.19. The maximum Gasteiger partial charge on any atom is 0.309 e. The summed E-state index contributed by atoms with van der Waals surface area (Å²) < 4.78 is 5.54. The number of allylic oxidation sites excluding steroid dienone is 2. The monoisotopic (exact) mass is 444 g/mol. The second-order valence-corrected chi connectivity index (χ2v) is 8.62. The van der Waals surface area contributed by atoms with Crippen LogP contribution in [0.1, 0.15) is 51.5 Å². The molecule has 7 heteroatoms. The van der Waals surface area contributed by atoms with E-state index in [2.05, 4.69) is 10.6 Å². The molecule has 2 amide bonds. The van der Waals surface area contributed by atoms with Gasteiger partial charge in [-0.2, -0.15) is 0 Å². The summed E-state index contributed by atoms with van der Waals surface area (Å²) in [5.74, 6) is -1.51. The molecule has 176 valence electrons. The first-order chi connectivity index (χ1) is 15.4. The van der Waals surface area contributed by atoms with Crippen LogP contribution in [-0.4, -0.2) is 48.2 Å². The second kappa shape index (κ2) is 13.7. The third kappa shape index (κ3) is 9.22. The number of carbonyl (C=O) groups is 3. The Labute approximate surface area is 190 Å². The fourth-order valence-corrected chi connectivity index (χ4v) is 3.68. The smallest absolute Gasteiger partial charge is 0.309 e. The molecule has 0 aromatic heterocycles. The summed E-state index contributed by atoms with van der Waals surface area (Å²) in [7, 11) is 0. The molecule has 0 saturated heterocycles. The van der Waals surface area contributed by atoms with Crippen molar-refractivity contribution in [1.29, 1.82) is 0 Å². The molecule has 7 nitrogen and oxygen atoms in total. The van der Waals surface area contributed by atoms with Gasteiger partial charge in [-0.15, -0.1) is 0 Å². The van der Waals surface area contributed by atoms with E-state index in [9.17, 15) is 14.4 Å². The lowest BCUT2D eigenvalue weighted by atomic mass is 9.93. The Bertz CT molecular complexity index is 765. The van der Waals surface area contributed by atoms with Gasteiger partial charge in [-0.3, -0.25) is 14.4 Å². The molecule has 1 heterocycles. The van der Waals surface area contributed by atoms with Gasteiger partial charge in [0.05, 0.1) is 24.5 Å². The topological polar surface area (TPSA) is 105 Å². The Balaban J connectivity index is 2.02. The van der Waals surface area contributed by atoms with Crippen molar-refractivity contribution in [3.63, 3.8) is 0 Å². The minimum atomic E-state index is -0.524. The SMILES string of the molecule is CC(CO)NC(=O)CC1CC=CCCCC(Cc2ccccc2)C(=O)OCC(C)NC1=O. The number of nitrogens with one attached hydrogen (secondary N) is 2. The first-order valence-electron chi connectivity index (χ1n) is 11.4. The Morgan fingerprint density at radius 2 is 1.97 bits per heavy atom. The fourth-order valence-electron chi connectivity index (χ4n) is 3.68. The second-order valence-electron chi connectivity index (χ2n) is 8.62. The van der Waals surface area contributed by atoms with E-state index in [0.29, 0.717) is 12.8 Å². The lowest BCUT2D eigenvalue weighted by Gasteiger charge is -2.22. The first kappa shape index (κ1) is 25.6. The van der Waals surface area contributed by atoms with Crippen molar-refractivity contribution in [3.05, 3.63) is 48.0 Å². The zero-order valence-corrected chi connectivity index (χ0v) is 19.1. The summed E-state index contributed by atoms with van der Waals surface area (Å²) in [5.41, 5.74) is 1.10. The molecule has 1 aromatic rings. The molecule has 0 spiro atoms. The van der Waals surface area contributed by atoms with Crippen LogP contribution < -0.4 is 10.6 Å². The molecule has 3 N–H and O–H groups in total. The van der Waals surface area contributed by atoms with Gasteiger partial charge in [-0.25, -0.2) is 0 Å². The van der Waals surface area contributed by atoms with E-state index in [1.54, 1.807) is 13.8 Å². The fraction of sp³-hybridized carbons (Fsp3) is 0.560. The van der Waals surface area contributed by atoms with Gasteiger partial charge in [0.25, 0.3) is 0 Å². The van der Waals surface area contributed by atoms with Gasteiger partial charge >= 0.3 is 5.97 Å². The molecule has 1 aromatic carbocycles. The largest absolute Gasteiger partial charge is 0.463 e. The van der Waals surface area contributed by atoms with Crippen molar-refractivity contribution in [1.82, 2.24) is 10.6 Å². The number of hydrogen-bond donors (Lipinski definition) is 3. The zero-order chi connectivity index (χ0) is 23.3. The van der Waals surface area contributed by atoms with Crippen LogP contribution in [0.5, 0.6) is 0 Å². The number of aliphatic hydroxyl groups is 1. The predicted octanol–water partition coefficient (Wildman–Crippen LogP) is 2.53. The Kier molecular flexibility index (Phi) is 10.9. The maximum absolute atomic E-state index is 12.8. The van der Waals surface area contributed by atoms with Gasteiger partial charge in [-0.05, 0) is 51.5 Å². The molecule has 32 heavy (non-hydrogen) atoms. The van der Waals surface area contributed by atoms with Gasteiger partial charge in [0.2, 0.25) is 11.8 Å². The molecule has 4 unspecified atom stereocenters. The third-order valence-corrected chi connectivity index (χ3v) is 5.52. The lowest BCUT2D eigenvalue weighted by Crippen LogP contribution is -2.43. The lowest BCUT2D eigenvalue weighted by molar-refractivity contribution is -0.150. The van der Waals surface area contributed by atoms with Crippen molar-refractivity contribution in [2.75, 3.05) is 13.2 Å². The molecular formula is C25H36N2O5. The standard InChI is InChI=1S/C25H36N2O5/c1-18(16-28)26-23(29)15-21-12-8-3-4-9-13-22(14-20-10-6-5-7-11-20)25(31)32-17-19(2)27-24(21)30/h3,5-8,10-11,18-19,21-22,28H,4,9,12-17H2,1-2H3,(H,26,29)(H,27,30). The number of benzene rings is 1. The van der Waals surface area contributed by atoms with Crippen molar-refractivity contribution in [2.45, 2.75) is 64.5 Å². The van der Waals surface area contributed by atoms with Gasteiger partial charge in [0, 0.05) is 12.5 Å². The van der Waals surface area contributed by atoms with Crippen LogP contribution in [0.25, 0.3) is 0 Å². The molecule has 1 aliphatic heterocycles. The van der Waals surface area contributed by atoms with Crippen LogP contribution >= 0.6 is 0 Å². The van der Waals surface area contributed by atoms with E-state index in [-0.39, 0.29) is 55.4 Å². The van der Waals surface area contributed by atoms with Crippen LogP contribution in [0.4, 0.5) is 0 Å². The van der Waals surface area contributed by atoms with E-state index in [1.165, 1.54) is 0 Å². The number of esters is 1. The summed E-state index contributed by atoms with van der Waals surface area (Å²) >= 11 is 0. The normalized spacial score (nSPS) is 24.0. The Morgan fingerprint density at radius 3 is 2.69 bits per heavy atom. The van der Waals surface area contributed by atoms with E-state index < -0.39 is 5.92 Å². The van der Waals surface area contributed by atoms with Crippen molar-refractivity contribution in [3.8, 4) is 0 Å². The number of ether oxygens (including phenoxy) is 1. The van der Waals surface area contributed by atoms with E-state index in [4.69, 9.17) is 9.84 Å². The Hall–Kier alpha value is -2.67. The van der Waals surface area contributed by atoms with Crippen molar-refractivity contribution < 1.29 is 24.2 Å². The molecule has 0 radical (unpaired) electrons. The summed E-state index contributed by atoms with van der Waals surface area (Å²) in [6, 6.07) is 9.18. The minimum absolute atomic E-state index is 0.0339. The Morgan fingerprint density at radius 1 is 1.22 bits per heavy atom. The number of cyclic esters (lactones) is 1. The summed E-state index contributed by atoms with van der Waals surface area (Å²) in [4.78, 5) is 37.7. The van der Waals surface area contributed by atoms with Crippen molar-refractivity contribution >= 4 is 17.8 Å². The predicted molar refractivity (Wildman–Crippen MR) is 123 cm³/mol. The number of amides is 2. The van der Waals surface area contributed by atoms with Gasteiger partial charge in [0.15, 0.2) is 0 Å². The molecule has 0 fully saturated rings. The summed E-state index contributed by atoms with van der Waals surface area (Å²) in [6.07, 6.45) is 7.42. The minimum Gasteiger partial charge on any atom is -0.463 e. The third-order valence-electron chi connectivity index (χ3n) is 5.52. The van der Waals surface area contributed by atoms with Gasteiger partial charge < -0.3 is 20.5 Å². The average Bonchev–Trinajstić information content (AvgIpc) is 2.77. The molecule has 0 bridgehead atoms. The summed E-state index contributed by atoms with van der Waals surface area (Å²) in [6.45, 7) is 3.42. The quantitative estimate of drug-likeness (QED) is 0.462. The first-order valence-corrected chi connectivity index (χ1v) is 11.4. The van der Waals surface area contributed by atoms with Gasteiger partial charge in [0.1, 0.15) is 6.61 Å². The van der Waals surface area contributed by atoms with Gasteiger partial charge in [-0.1, -0.05) is 42.5 Å². The van der Waals surface area contributed by atoms with Crippen molar-refractivity contribution in [2.24, 2.45) is 11.8 Å². The van der Waals surface area contributed by atoms with E-state index >= 15 is 0 Å².